The van der Waals surface area contributed by atoms with E-state index in [1.807, 2.05) is 58.0 Å². The van der Waals surface area contributed by atoms with Crippen molar-refractivity contribution < 1.29 is 13.2 Å². The van der Waals surface area contributed by atoms with E-state index in [9.17, 15) is 13.2 Å². The molecule has 1 amide bonds. The summed E-state index contributed by atoms with van der Waals surface area (Å²) in [4.78, 5) is 13.2. The second-order valence-corrected chi connectivity index (χ2v) is 10.3. The van der Waals surface area contributed by atoms with Gasteiger partial charge >= 0.3 is 0 Å². The molecule has 0 aliphatic rings. The minimum Gasteiger partial charge on any atom is -0.348 e. The fourth-order valence-corrected chi connectivity index (χ4v) is 4.99. The molecular weight excluding hydrogens is 432 g/mol. The number of carbonyl (C=O) groups is 1. The molecule has 0 aliphatic carbocycles. The second kappa shape index (κ2) is 10.2. The highest BCUT2D eigenvalue weighted by molar-refractivity contribution is 7.92. The largest absolute Gasteiger partial charge is 0.348 e. The highest BCUT2D eigenvalue weighted by Crippen LogP contribution is 2.26. The van der Waals surface area contributed by atoms with Crippen LogP contribution in [0.2, 0.25) is 0 Å². The van der Waals surface area contributed by atoms with Crippen LogP contribution < -0.4 is 9.62 Å². The van der Waals surface area contributed by atoms with Crippen LogP contribution in [-0.2, 0) is 21.2 Å². The van der Waals surface area contributed by atoms with Crippen molar-refractivity contribution in [2.45, 2.75) is 52.0 Å². The van der Waals surface area contributed by atoms with Gasteiger partial charge in [-0.15, -0.1) is 0 Å². The molecule has 0 radical (unpaired) electrons. The number of nitrogens with one attached hydrogen (secondary N) is 1. The molecule has 1 N–H and O–H groups in total. The molecule has 33 heavy (non-hydrogen) atoms. The van der Waals surface area contributed by atoms with Crippen LogP contribution in [0, 0.1) is 20.8 Å². The maximum atomic E-state index is 13.5. The zero-order chi connectivity index (χ0) is 24.2. The van der Waals surface area contributed by atoms with E-state index in [1.165, 1.54) is 9.87 Å². The number of carbonyl (C=O) groups excluding carboxylic acids is 1. The van der Waals surface area contributed by atoms with E-state index in [-0.39, 0.29) is 23.4 Å². The van der Waals surface area contributed by atoms with Crippen LogP contribution in [-0.4, -0.2) is 20.9 Å². The molecule has 6 heteroatoms. The van der Waals surface area contributed by atoms with E-state index in [2.05, 4.69) is 12.2 Å². The number of hydrogen-bond donors (Lipinski definition) is 1. The van der Waals surface area contributed by atoms with Crippen LogP contribution in [0.25, 0.3) is 0 Å². The summed E-state index contributed by atoms with van der Waals surface area (Å²) >= 11 is 0. The summed E-state index contributed by atoms with van der Waals surface area (Å²) in [6, 6.07) is 19.9. The standard InChI is InChI=1S/C27H32N2O3S/c1-6-23-10-12-24(13-11-23)22(5)28-27(30)18-29(25-14-9-20(3)21(4)17-25)33(31,32)26-15-7-19(2)8-16-26/h7-17,22H,6,18H2,1-5H3,(H,28,30). The summed E-state index contributed by atoms with van der Waals surface area (Å²) in [7, 11) is -3.93. The molecular formula is C27H32N2O3S. The van der Waals surface area contributed by atoms with Crippen molar-refractivity contribution in [2.75, 3.05) is 10.8 Å². The highest BCUT2D eigenvalue weighted by Gasteiger charge is 2.28. The van der Waals surface area contributed by atoms with Gasteiger partial charge in [-0.2, -0.15) is 0 Å². The first-order valence-electron chi connectivity index (χ1n) is 11.2. The number of sulfonamides is 1. The van der Waals surface area contributed by atoms with Gasteiger partial charge in [0.15, 0.2) is 0 Å². The Morgan fingerprint density at radius 3 is 2.12 bits per heavy atom. The minimum absolute atomic E-state index is 0.155. The van der Waals surface area contributed by atoms with Crippen molar-refractivity contribution in [2.24, 2.45) is 0 Å². The summed E-state index contributed by atoms with van der Waals surface area (Å²) in [5.74, 6) is -0.365. The Kier molecular flexibility index (Phi) is 7.59. The molecule has 0 aromatic heterocycles. The van der Waals surface area contributed by atoms with Crippen LogP contribution in [0.5, 0.6) is 0 Å². The zero-order valence-corrected chi connectivity index (χ0v) is 20.7. The zero-order valence-electron chi connectivity index (χ0n) is 19.9. The number of anilines is 1. The molecule has 3 aromatic rings. The van der Waals surface area contributed by atoms with Gasteiger partial charge in [0, 0.05) is 0 Å². The van der Waals surface area contributed by atoms with Gasteiger partial charge in [0.05, 0.1) is 16.6 Å². The summed E-state index contributed by atoms with van der Waals surface area (Å²) in [5.41, 5.74) is 5.64. The van der Waals surface area contributed by atoms with Crippen molar-refractivity contribution in [3.63, 3.8) is 0 Å². The highest BCUT2D eigenvalue weighted by atomic mass is 32.2. The second-order valence-electron chi connectivity index (χ2n) is 8.48. The maximum Gasteiger partial charge on any atom is 0.264 e. The first kappa shape index (κ1) is 24.5. The lowest BCUT2D eigenvalue weighted by Gasteiger charge is -2.26. The molecule has 0 saturated carbocycles. The molecule has 1 atom stereocenters. The van der Waals surface area contributed by atoms with Gasteiger partial charge in [-0.3, -0.25) is 9.10 Å². The average Bonchev–Trinajstić information content (AvgIpc) is 2.79. The Morgan fingerprint density at radius 1 is 0.909 bits per heavy atom. The van der Waals surface area contributed by atoms with Crippen LogP contribution in [0.1, 0.15) is 47.7 Å². The number of aryl methyl sites for hydroxylation is 4. The quantitative estimate of drug-likeness (QED) is 0.495. The molecule has 0 spiro atoms. The van der Waals surface area contributed by atoms with Gasteiger partial charge in [-0.1, -0.05) is 55.0 Å². The topological polar surface area (TPSA) is 66.5 Å². The number of rotatable bonds is 8. The molecule has 3 aromatic carbocycles. The van der Waals surface area contributed by atoms with E-state index in [0.717, 1.165) is 28.7 Å². The van der Waals surface area contributed by atoms with Gasteiger partial charge in [0.1, 0.15) is 6.54 Å². The van der Waals surface area contributed by atoms with Crippen molar-refractivity contribution in [3.05, 3.63) is 94.5 Å². The molecule has 174 valence electrons. The smallest absolute Gasteiger partial charge is 0.264 e. The lowest BCUT2D eigenvalue weighted by atomic mass is 10.1. The van der Waals surface area contributed by atoms with E-state index < -0.39 is 10.0 Å². The first-order chi connectivity index (χ1) is 15.6. The van der Waals surface area contributed by atoms with Crippen LogP contribution in [0.15, 0.2) is 71.6 Å². The molecule has 0 saturated heterocycles. The number of amides is 1. The van der Waals surface area contributed by atoms with Crippen molar-refractivity contribution in [1.29, 1.82) is 0 Å². The summed E-state index contributed by atoms with van der Waals surface area (Å²) in [5, 5.41) is 2.95. The van der Waals surface area contributed by atoms with E-state index in [1.54, 1.807) is 36.4 Å². The number of nitrogens with zero attached hydrogens (tertiary/aromatic N) is 1. The van der Waals surface area contributed by atoms with Crippen LogP contribution in [0.4, 0.5) is 5.69 Å². The van der Waals surface area contributed by atoms with E-state index in [0.29, 0.717) is 5.69 Å². The fourth-order valence-electron chi connectivity index (χ4n) is 3.58. The maximum absolute atomic E-state index is 13.5. The molecule has 3 rings (SSSR count). The summed E-state index contributed by atoms with van der Waals surface area (Å²) < 4.78 is 28.3. The Morgan fingerprint density at radius 2 is 1.55 bits per heavy atom. The molecule has 0 aliphatic heterocycles. The SMILES string of the molecule is CCc1ccc(C(C)NC(=O)CN(c2ccc(C)c(C)c2)S(=O)(=O)c2ccc(C)cc2)cc1. The van der Waals surface area contributed by atoms with Crippen molar-refractivity contribution in [1.82, 2.24) is 5.32 Å². The van der Waals surface area contributed by atoms with Gasteiger partial charge < -0.3 is 5.32 Å². The average molecular weight is 465 g/mol. The summed E-state index contributed by atoms with van der Waals surface area (Å²) in [6.45, 7) is 9.48. The Hall–Kier alpha value is -3.12. The minimum atomic E-state index is -3.93. The third-order valence-electron chi connectivity index (χ3n) is 5.94. The number of benzene rings is 3. The van der Waals surface area contributed by atoms with Crippen molar-refractivity contribution in [3.8, 4) is 0 Å². The lowest BCUT2D eigenvalue weighted by Crippen LogP contribution is -2.41. The summed E-state index contributed by atoms with van der Waals surface area (Å²) in [6.07, 6.45) is 0.947. The van der Waals surface area contributed by atoms with Gasteiger partial charge in [-0.05, 0) is 80.6 Å². The molecule has 1 unspecified atom stereocenters. The fraction of sp³-hybridized carbons (Fsp3) is 0.296. The Balaban J connectivity index is 1.89. The predicted molar refractivity (Wildman–Crippen MR) is 134 cm³/mol. The number of hydrogen-bond acceptors (Lipinski definition) is 3. The normalized spacial score (nSPS) is 12.3. The lowest BCUT2D eigenvalue weighted by molar-refractivity contribution is -0.120. The third kappa shape index (κ3) is 5.82. The van der Waals surface area contributed by atoms with Crippen molar-refractivity contribution >= 4 is 21.6 Å². The monoisotopic (exact) mass is 464 g/mol. The van der Waals surface area contributed by atoms with Gasteiger partial charge in [0.25, 0.3) is 10.0 Å². The van der Waals surface area contributed by atoms with Crippen LogP contribution in [0.3, 0.4) is 0 Å². The van der Waals surface area contributed by atoms with Crippen LogP contribution >= 0.6 is 0 Å². The van der Waals surface area contributed by atoms with E-state index >= 15 is 0 Å². The van der Waals surface area contributed by atoms with Gasteiger partial charge in [0.2, 0.25) is 5.91 Å². The van der Waals surface area contributed by atoms with E-state index in [4.69, 9.17) is 0 Å². The Labute approximate surface area is 197 Å². The molecule has 0 bridgehead atoms. The molecule has 5 nitrogen and oxygen atoms in total. The predicted octanol–water partition coefficient (Wildman–Crippen LogP) is 5.25. The first-order valence-corrected chi connectivity index (χ1v) is 12.6. The Bertz CT molecular complexity index is 1220. The third-order valence-corrected chi connectivity index (χ3v) is 7.73. The molecule has 0 fully saturated rings. The molecule has 0 heterocycles. The van der Waals surface area contributed by atoms with Gasteiger partial charge in [-0.25, -0.2) is 8.42 Å².